The van der Waals surface area contributed by atoms with Crippen molar-refractivity contribution >= 4 is 28.2 Å². The van der Waals surface area contributed by atoms with E-state index in [2.05, 4.69) is 10.1 Å². The van der Waals surface area contributed by atoms with Crippen molar-refractivity contribution in [2.45, 2.75) is 13.5 Å². The number of benzene rings is 1. The van der Waals surface area contributed by atoms with E-state index in [9.17, 15) is 0 Å². The Morgan fingerprint density at radius 2 is 2.10 bits per heavy atom. The summed E-state index contributed by atoms with van der Waals surface area (Å²) in [5, 5.41) is 5.81. The van der Waals surface area contributed by atoms with Crippen molar-refractivity contribution in [3.8, 4) is 5.88 Å². The smallest absolute Gasteiger partial charge is 0.226 e. The minimum absolute atomic E-state index is 0.376. The molecule has 0 atom stereocenters. The zero-order chi connectivity index (χ0) is 15.0. The molecule has 2 aromatic heterocycles. The van der Waals surface area contributed by atoms with E-state index in [1.54, 1.807) is 13.2 Å². The van der Waals surface area contributed by atoms with E-state index in [1.807, 2.05) is 35.9 Å². The molecule has 0 amide bonds. The molecule has 0 saturated carbocycles. The van der Waals surface area contributed by atoms with E-state index >= 15 is 0 Å². The van der Waals surface area contributed by atoms with Gasteiger partial charge in [0, 0.05) is 11.8 Å². The molecule has 0 aliphatic heterocycles. The number of rotatable bonds is 3. The van der Waals surface area contributed by atoms with Gasteiger partial charge in [-0.3, -0.25) is 4.68 Å². The Labute approximate surface area is 127 Å². The van der Waals surface area contributed by atoms with Crippen LogP contribution in [0.5, 0.6) is 5.88 Å². The number of anilines is 1. The van der Waals surface area contributed by atoms with E-state index in [0.29, 0.717) is 17.6 Å². The maximum absolute atomic E-state index is 6.06. The molecule has 21 heavy (non-hydrogen) atoms. The first-order valence-corrected chi connectivity index (χ1v) is 6.89. The number of pyridine rings is 1. The molecule has 0 fully saturated rings. The SMILES string of the molecule is COc1nc(Cl)cc2c1c(C)nn2Cc1ccccc1N. The summed E-state index contributed by atoms with van der Waals surface area (Å²) in [5.74, 6) is 0.488. The van der Waals surface area contributed by atoms with Crippen molar-refractivity contribution in [1.82, 2.24) is 14.8 Å². The normalized spacial score (nSPS) is 11.0. The topological polar surface area (TPSA) is 66.0 Å². The number of ether oxygens (including phenoxy) is 1. The van der Waals surface area contributed by atoms with Crippen molar-refractivity contribution in [2.24, 2.45) is 0 Å². The highest BCUT2D eigenvalue weighted by atomic mass is 35.5. The summed E-state index contributed by atoms with van der Waals surface area (Å²) in [6.45, 7) is 2.49. The predicted octanol–water partition coefficient (Wildman–Crippen LogP) is 3.03. The molecule has 2 heterocycles. The number of hydrogen-bond acceptors (Lipinski definition) is 4. The quantitative estimate of drug-likeness (QED) is 0.596. The molecule has 1 aromatic carbocycles. The standard InChI is InChI=1S/C15H15ClN4O/c1-9-14-12(7-13(16)18-15(14)21-2)20(19-9)8-10-5-3-4-6-11(10)17/h3-7H,8,17H2,1-2H3. The third-order valence-electron chi connectivity index (χ3n) is 3.41. The zero-order valence-electron chi connectivity index (χ0n) is 11.8. The van der Waals surface area contributed by atoms with Gasteiger partial charge >= 0.3 is 0 Å². The number of hydrogen-bond donors (Lipinski definition) is 1. The highest BCUT2D eigenvalue weighted by Gasteiger charge is 2.15. The average molecular weight is 303 g/mol. The van der Waals surface area contributed by atoms with E-state index in [1.165, 1.54) is 0 Å². The van der Waals surface area contributed by atoms with Crippen LogP contribution in [0.25, 0.3) is 10.9 Å². The Morgan fingerprint density at radius 3 is 2.81 bits per heavy atom. The highest BCUT2D eigenvalue weighted by Crippen LogP contribution is 2.30. The summed E-state index contributed by atoms with van der Waals surface area (Å²) < 4.78 is 7.17. The number of nitrogens with two attached hydrogens (primary N) is 1. The van der Waals surface area contributed by atoms with Crippen LogP contribution >= 0.6 is 11.6 Å². The van der Waals surface area contributed by atoms with Crippen LogP contribution in [0.1, 0.15) is 11.3 Å². The number of fused-ring (bicyclic) bond motifs is 1. The molecule has 6 heteroatoms. The largest absolute Gasteiger partial charge is 0.480 e. The van der Waals surface area contributed by atoms with Gasteiger partial charge in [-0.1, -0.05) is 29.8 Å². The Hall–Kier alpha value is -2.27. The summed E-state index contributed by atoms with van der Waals surface area (Å²) in [6, 6.07) is 9.52. The van der Waals surface area contributed by atoms with Crippen molar-refractivity contribution in [3.05, 3.63) is 46.7 Å². The predicted molar refractivity (Wildman–Crippen MR) is 83.8 cm³/mol. The highest BCUT2D eigenvalue weighted by molar-refractivity contribution is 6.30. The first-order chi connectivity index (χ1) is 10.1. The number of aromatic nitrogens is 3. The third-order valence-corrected chi connectivity index (χ3v) is 3.61. The molecule has 2 N–H and O–H groups in total. The van der Waals surface area contributed by atoms with Gasteiger partial charge in [0.2, 0.25) is 5.88 Å². The van der Waals surface area contributed by atoms with Gasteiger partial charge in [0.1, 0.15) is 5.15 Å². The van der Waals surface area contributed by atoms with Crippen molar-refractivity contribution < 1.29 is 4.74 Å². The van der Waals surface area contributed by atoms with Gasteiger partial charge in [-0.2, -0.15) is 5.10 Å². The van der Waals surface area contributed by atoms with Gasteiger partial charge in [0.05, 0.1) is 30.3 Å². The van der Waals surface area contributed by atoms with Crippen LogP contribution in [-0.2, 0) is 6.54 Å². The molecular weight excluding hydrogens is 288 g/mol. The molecule has 0 aliphatic carbocycles. The fourth-order valence-corrected chi connectivity index (χ4v) is 2.60. The zero-order valence-corrected chi connectivity index (χ0v) is 12.6. The Kier molecular flexibility index (Phi) is 3.43. The van der Waals surface area contributed by atoms with Crippen molar-refractivity contribution in [1.29, 1.82) is 0 Å². The third kappa shape index (κ3) is 2.40. The minimum Gasteiger partial charge on any atom is -0.480 e. The Morgan fingerprint density at radius 1 is 1.33 bits per heavy atom. The summed E-state index contributed by atoms with van der Waals surface area (Å²) in [7, 11) is 1.57. The fraction of sp³-hybridized carbons (Fsp3) is 0.200. The monoisotopic (exact) mass is 302 g/mol. The Bertz CT molecular complexity index is 813. The van der Waals surface area contributed by atoms with Crippen LogP contribution < -0.4 is 10.5 Å². The molecule has 5 nitrogen and oxygen atoms in total. The molecule has 0 aliphatic rings. The second-order valence-electron chi connectivity index (χ2n) is 4.79. The lowest BCUT2D eigenvalue weighted by atomic mass is 10.2. The van der Waals surface area contributed by atoms with Crippen molar-refractivity contribution in [2.75, 3.05) is 12.8 Å². The van der Waals surface area contributed by atoms with E-state index in [-0.39, 0.29) is 0 Å². The first-order valence-electron chi connectivity index (χ1n) is 6.51. The summed E-state index contributed by atoms with van der Waals surface area (Å²) >= 11 is 6.06. The number of nitrogens with zero attached hydrogens (tertiary/aromatic N) is 3. The molecule has 0 radical (unpaired) electrons. The summed E-state index contributed by atoms with van der Waals surface area (Å²) in [6.07, 6.45) is 0. The van der Waals surface area contributed by atoms with Crippen LogP contribution in [0.15, 0.2) is 30.3 Å². The molecule has 3 rings (SSSR count). The molecule has 0 unspecified atom stereocenters. The van der Waals surface area contributed by atoms with Crippen LogP contribution in [0, 0.1) is 6.92 Å². The molecule has 0 bridgehead atoms. The number of halogens is 1. The van der Waals surface area contributed by atoms with E-state index in [4.69, 9.17) is 22.1 Å². The molecular formula is C15H15ClN4O. The fourth-order valence-electron chi connectivity index (χ4n) is 2.42. The van der Waals surface area contributed by atoms with Gasteiger partial charge in [-0.15, -0.1) is 0 Å². The number of methoxy groups -OCH3 is 1. The van der Waals surface area contributed by atoms with Crippen LogP contribution in [-0.4, -0.2) is 21.9 Å². The lowest BCUT2D eigenvalue weighted by molar-refractivity contribution is 0.403. The first kappa shape index (κ1) is 13.7. The number of para-hydroxylation sites is 1. The molecule has 108 valence electrons. The van der Waals surface area contributed by atoms with Gasteiger partial charge < -0.3 is 10.5 Å². The van der Waals surface area contributed by atoms with E-state index in [0.717, 1.165) is 27.8 Å². The molecule has 3 aromatic rings. The maximum atomic E-state index is 6.06. The summed E-state index contributed by atoms with van der Waals surface area (Å²) in [5.41, 5.74) is 9.48. The van der Waals surface area contributed by atoms with Crippen LogP contribution in [0.2, 0.25) is 5.15 Å². The Balaban J connectivity index is 2.16. The minimum atomic E-state index is 0.376. The molecule has 0 saturated heterocycles. The van der Waals surface area contributed by atoms with Crippen LogP contribution in [0.3, 0.4) is 0 Å². The van der Waals surface area contributed by atoms with Gasteiger partial charge in [-0.25, -0.2) is 4.98 Å². The summed E-state index contributed by atoms with van der Waals surface area (Å²) in [4.78, 5) is 4.18. The average Bonchev–Trinajstić information content (AvgIpc) is 2.77. The van der Waals surface area contributed by atoms with Crippen LogP contribution in [0.4, 0.5) is 5.69 Å². The van der Waals surface area contributed by atoms with Gasteiger partial charge in [0.15, 0.2) is 0 Å². The lowest BCUT2D eigenvalue weighted by Gasteiger charge is -2.07. The number of aryl methyl sites for hydroxylation is 1. The van der Waals surface area contributed by atoms with Gasteiger partial charge in [-0.05, 0) is 18.6 Å². The van der Waals surface area contributed by atoms with E-state index < -0.39 is 0 Å². The maximum Gasteiger partial charge on any atom is 0.226 e. The second-order valence-corrected chi connectivity index (χ2v) is 5.18. The lowest BCUT2D eigenvalue weighted by Crippen LogP contribution is -2.04. The van der Waals surface area contributed by atoms with Crippen molar-refractivity contribution in [3.63, 3.8) is 0 Å². The molecule has 0 spiro atoms. The second kappa shape index (κ2) is 5.26. The van der Waals surface area contributed by atoms with Gasteiger partial charge in [0.25, 0.3) is 0 Å². The number of nitrogen functional groups attached to an aromatic ring is 1.